The molecule has 2 unspecified atom stereocenters. The highest BCUT2D eigenvalue weighted by molar-refractivity contribution is 9.09. The van der Waals surface area contributed by atoms with Gasteiger partial charge in [-0.1, -0.05) is 34.8 Å². The average Bonchev–Trinajstić information content (AvgIpc) is 2.45. The lowest BCUT2D eigenvalue weighted by Gasteiger charge is -2.27. The standard InChI is InChI=1S/C15H20BrNO3S/c1-21(19,20)13-7-4-6-11(9-13)15(18)17-10-12-5-2-3-8-14(12)16/h4,6-7,9,12,14H,2-3,5,8,10H2,1H3,(H,17,18). The molecule has 0 aromatic heterocycles. The van der Waals surface area contributed by atoms with Gasteiger partial charge in [0.15, 0.2) is 9.84 Å². The van der Waals surface area contributed by atoms with Crippen molar-refractivity contribution >= 4 is 31.7 Å². The van der Waals surface area contributed by atoms with E-state index in [1.165, 1.54) is 25.0 Å². The number of carbonyl (C=O) groups excluding carboxylic acids is 1. The Labute approximate surface area is 134 Å². The molecule has 2 rings (SSSR count). The normalized spacial score (nSPS) is 22.8. The van der Waals surface area contributed by atoms with Gasteiger partial charge >= 0.3 is 0 Å². The van der Waals surface area contributed by atoms with E-state index in [4.69, 9.17) is 0 Å². The molecule has 1 aliphatic rings. The van der Waals surface area contributed by atoms with E-state index in [-0.39, 0.29) is 10.8 Å². The molecule has 2 atom stereocenters. The molecule has 0 bridgehead atoms. The van der Waals surface area contributed by atoms with E-state index in [0.29, 0.717) is 22.9 Å². The lowest BCUT2D eigenvalue weighted by molar-refractivity contribution is 0.0944. The van der Waals surface area contributed by atoms with Crippen LogP contribution in [0.25, 0.3) is 0 Å². The van der Waals surface area contributed by atoms with Gasteiger partial charge in [-0.25, -0.2) is 8.42 Å². The first kappa shape index (κ1) is 16.5. The van der Waals surface area contributed by atoms with Crippen molar-refractivity contribution in [1.82, 2.24) is 5.32 Å². The number of amides is 1. The van der Waals surface area contributed by atoms with Crippen molar-refractivity contribution in [3.8, 4) is 0 Å². The van der Waals surface area contributed by atoms with Crippen molar-refractivity contribution < 1.29 is 13.2 Å². The minimum atomic E-state index is -3.29. The number of rotatable bonds is 4. The summed E-state index contributed by atoms with van der Waals surface area (Å²) in [5.74, 6) is 0.228. The summed E-state index contributed by atoms with van der Waals surface area (Å²) in [6.07, 6.45) is 5.83. The van der Waals surface area contributed by atoms with Crippen LogP contribution in [0.1, 0.15) is 36.0 Å². The molecule has 116 valence electrons. The molecule has 1 amide bonds. The Kier molecular flexibility index (Phi) is 5.43. The fraction of sp³-hybridized carbons (Fsp3) is 0.533. The fourth-order valence-corrected chi connectivity index (χ4v) is 4.03. The molecule has 4 nitrogen and oxygen atoms in total. The zero-order chi connectivity index (χ0) is 15.5. The molecule has 1 aliphatic carbocycles. The molecular weight excluding hydrogens is 354 g/mol. The van der Waals surface area contributed by atoms with Crippen LogP contribution in [0.5, 0.6) is 0 Å². The van der Waals surface area contributed by atoms with Crippen LogP contribution in [0.2, 0.25) is 0 Å². The van der Waals surface area contributed by atoms with Crippen LogP contribution in [-0.2, 0) is 9.84 Å². The third-order valence-corrected chi connectivity index (χ3v) is 6.18. The van der Waals surface area contributed by atoms with E-state index >= 15 is 0 Å². The quantitative estimate of drug-likeness (QED) is 0.825. The van der Waals surface area contributed by atoms with E-state index in [1.54, 1.807) is 12.1 Å². The minimum absolute atomic E-state index is 0.172. The molecule has 0 spiro atoms. The van der Waals surface area contributed by atoms with Crippen LogP contribution in [-0.4, -0.2) is 32.0 Å². The van der Waals surface area contributed by atoms with Gasteiger partial charge in [0.2, 0.25) is 0 Å². The Morgan fingerprint density at radius 3 is 2.71 bits per heavy atom. The third kappa shape index (κ3) is 4.54. The van der Waals surface area contributed by atoms with Crippen molar-refractivity contribution in [2.45, 2.75) is 35.4 Å². The monoisotopic (exact) mass is 373 g/mol. The second-order valence-corrected chi connectivity index (χ2v) is 8.76. The van der Waals surface area contributed by atoms with Crippen LogP contribution in [0, 0.1) is 5.92 Å². The molecule has 0 heterocycles. The first-order valence-electron chi connectivity index (χ1n) is 7.10. The van der Waals surface area contributed by atoms with Gasteiger partial charge in [-0.15, -0.1) is 0 Å². The molecule has 0 saturated heterocycles. The molecule has 0 aliphatic heterocycles. The summed E-state index contributed by atoms with van der Waals surface area (Å²) in [4.78, 5) is 12.8. The second kappa shape index (κ2) is 6.92. The number of sulfone groups is 1. The zero-order valence-corrected chi connectivity index (χ0v) is 14.4. The van der Waals surface area contributed by atoms with Crippen LogP contribution < -0.4 is 5.32 Å². The Morgan fingerprint density at radius 1 is 1.33 bits per heavy atom. The third-order valence-electron chi connectivity index (χ3n) is 3.87. The largest absolute Gasteiger partial charge is 0.352 e. The Morgan fingerprint density at radius 2 is 2.05 bits per heavy atom. The highest BCUT2D eigenvalue weighted by Crippen LogP contribution is 2.29. The molecule has 1 aromatic carbocycles. The summed E-state index contributed by atoms with van der Waals surface area (Å²) in [6, 6.07) is 6.16. The van der Waals surface area contributed by atoms with Gasteiger partial charge in [0.25, 0.3) is 5.91 Å². The maximum Gasteiger partial charge on any atom is 0.251 e. The van der Waals surface area contributed by atoms with Gasteiger partial charge in [-0.05, 0) is 37.0 Å². The molecule has 0 radical (unpaired) electrons. The Hall–Kier alpha value is -0.880. The van der Waals surface area contributed by atoms with E-state index in [9.17, 15) is 13.2 Å². The number of carbonyl (C=O) groups is 1. The Bertz CT molecular complexity index is 615. The zero-order valence-electron chi connectivity index (χ0n) is 12.0. The minimum Gasteiger partial charge on any atom is -0.352 e. The highest BCUT2D eigenvalue weighted by atomic mass is 79.9. The molecular formula is C15H20BrNO3S. The number of nitrogens with one attached hydrogen (secondary N) is 1. The van der Waals surface area contributed by atoms with Gasteiger partial charge in [-0.3, -0.25) is 4.79 Å². The second-order valence-electron chi connectivity index (χ2n) is 5.57. The van der Waals surface area contributed by atoms with Gasteiger partial charge in [0, 0.05) is 23.2 Å². The lowest BCUT2D eigenvalue weighted by atomic mass is 9.89. The first-order chi connectivity index (χ1) is 9.88. The number of hydrogen-bond donors (Lipinski definition) is 1. The Balaban J connectivity index is 2.00. The molecule has 1 aromatic rings. The predicted molar refractivity (Wildman–Crippen MR) is 86.6 cm³/mol. The summed E-state index contributed by atoms with van der Waals surface area (Å²) in [6.45, 7) is 0.623. The summed E-state index contributed by atoms with van der Waals surface area (Å²) in [5.41, 5.74) is 0.389. The molecule has 1 fully saturated rings. The summed E-state index contributed by atoms with van der Waals surface area (Å²) >= 11 is 3.67. The fourth-order valence-electron chi connectivity index (χ4n) is 2.59. The van der Waals surface area contributed by atoms with Crippen LogP contribution in [0.15, 0.2) is 29.2 Å². The molecule has 1 N–H and O–H groups in total. The van der Waals surface area contributed by atoms with E-state index in [2.05, 4.69) is 21.2 Å². The number of halogens is 1. The van der Waals surface area contributed by atoms with E-state index in [0.717, 1.165) is 19.1 Å². The predicted octanol–water partition coefficient (Wildman–Crippen LogP) is 2.77. The van der Waals surface area contributed by atoms with Crippen LogP contribution in [0.3, 0.4) is 0 Å². The van der Waals surface area contributed by atoms with Gasteiger partial charge in [0.1, 0.15) is 0 Å². The van der Waals surface area contributed by atoms with Gasteiger partial charge in [0.05, 0.1) is 4.90 Å². The van der Waals surface area contributed by atoms with Gasteiger partial charge in [-0.2, -0.15) is 0 Å². The van der Waals surface area contributed by atoms with Crippen molar-refractivity contribution in [2.75, 3.05) is 12.8 Å². The molecule has 6 heteroatoms. The van der Waals surface area contributed by atoms with Crippen molar-refractivity contribution in [2.24, 2.45) is 5.92 Å². The maximum absolute atomic E-state index is 12.2. The van der Waals surface area contributed by atoms with Crippen molar-refractivity contribution in [3.05, 3.63) is 29.8 Å². The van der Waals surface area contributed by atoms with E-state index in [1.807, 2.05) is 0 Å². The number of alkyl halides is 1. The lowest BCUT2D eigenvalue weighted by Crippen LogP contribution is -2.34. The maximum atomic E-state index is 12.2. The summed E-state index contributed by atoms with van der Waals surface area (Å²) in [5, 5.41) is 2.91. The van der Waals surface area contributed by atoms with Crippen molar-refractivity contribution in [3.63, 3.8) is 0 Å². The smallest absolute Gasteiger partial charge is 0.251 e. The summed E-state index contributed by atoms with van der Waals surface area (Å²) in [7, 11) is -3.29. The summed E-state index contributed by atoms with van der Waals surface area (Å²) < 4.78 is 23.0. The van der Waals surface area contributed by atoms with Crippen LogP contribution in [0.4, 0.5) is 0 Å². The SMILES string of the molecule is CS(=O)(=O)c1cccc(C(=O)NCC2CCCCC2Br)c1. The number of hydrogen-bond acceptors (Lipinski definition) is 3. The average molecular weight is 374 g/mol. The first-order valence-corrected chi connectivity index (χ1v) is 9.91. The topological polar surface area (TPSA) is 63.2 Å². The highest BCUT2D eigenvalue weighted by Gasteiger charge is 2.23. The number of benzene rings is 1. The van der Waals surface area contributed by atoms with E-state index < -0.39 is 9.84 Å². The van der Waals surface area contributed by atoms with Crippen LogP contribution >= 0.6 is 15.9 Å². The van der Waals surface area contributed by atoms with Gasteiger partial charge < -0.3 is 5.32 Å². The molecule has 21 heavy (non-hydrogen) atoms. The molecule has 1 saturated carbocycles. The van der Waals surface area contributed by atoms with Crippen molar-refractivity contribution in [1.29, 1.82) is 0 Å².